The van der Waals surface area contributed by atoms with Gasteiger partial charge in [0.15, 0.2) is 5.60 Å². The van der Waals surface area contributed by atoms with Crippen molar-refractivity contribution < 1.29 is 31.8 Å². The maximum atomic E-state index is 13.3. The van der Waals surface area contributed by atoms with Gasteiger partial charge in [-0.05, 0) is 17.7 Å². The van der Waals surface area contributed by atoms with Gasteiger partial charge in [0.25, 0.3) is 5.92 Å². The molecule has 118 valence electrons. The van der Waals surface area contributed by atoms with Gasteiger partial charge in [-0.1, -0.05) is 26.0 Å². The van der Waals surface area contributed by atoms with E-state index in [2.05, 4.69) is 9.47 Å². The largest absolute Gasteiger partial charge is 0.465 e. The third-order valence-electron chi connectivity index (χ3n) is 3.00. The summed E-state index contributed by atoms with van der Waals surface area (Å²) in [5.41, 5.74) is -2.25. The number of carbonyl (C=O) groups is 1. The van der Waals surface area contributed by atoms with Crippen molar-refractivity contribution >= 4 is 5.97 Å². The summed E-state index contributed by atoms with van der Waals surface area (Å²) in [6.07, 6.45) is -0.804. The minimum Gasteiger partial charge on any atom is -0.465 e. The first-order valence-electron chi connectivity index (χ1n) is 6.35. The average Bonchev–Trinajstić information content (AvgIpc) is 3.01. The first-order valence-corrected chi connectivity index (χ1v) is 6.35. The smallest absolute Gasteiger partial charge is 0.346 e. The molecule has 0 heterocycles. The van der Waals surface area contributed by atoms with Gasteiger partial charge in [-0.15, -0.1) is 0 Å². The van der Waals surface area contributed by atoms with E-state index in [1.165, 1.54) is 19.2 Å². The molecular formula is C14H16F4O3. The van der Waals surface area contributed by atoms with Gasteiger partial charge < -0.3 is 9.47 Å². The number of esters is 1. The van der Waals surface area contributed by atoms with Gasteiger partial charge in [0.1, 0.15) is 0 Å². The maximum Gasteiger partial charge on any atom is 0.346 e. The van der Waals surface area contributed by atoms with Crippen LogP contribution in [0.2, 0.25) is 0 Å². The highest BCUT2D eigenvalue weighted by Crippen LogP contribution is 2.62. The first-order chi connectivity index (χ1) is 9.82. The number of carbonyl (C=O) groups excluding carboxylic acids is 1. The third-order valence-corrected chi connectivity index (χ3v) is 3.00. The zero-order valence-corrected chi connectivity index (χ0v) is 11.8. The van der Waals surface area contributed by atoms with E-state index in [-0.39, 0.29) is 11.1 Å². The molecule has 21 heavy (non-hydrogen) atoms. The van der Waals surface area contributed by atoms with Crippen LogP contribution in [0.3, 0.4) is 0 Å². The molecule has 0 bridgehead atoms. The van der Waals surface area contributed by atoms with Crippen LogP contribution in [-0.2, 0) is 15.1 Å². The zero-order valence-electron chi connectivity index (χ0n) is 11.8. The molecule has 1 aliphatic carbocycles. The van der Waals surface area contributed by atoms with Gasteiger partial charge >= 0.3 is 12.6 Å². The summed E-state index contributed by atoms with van der Waals surface area (Å²) in [6.45, 7) is 0.702. The number of alkyl halides is 4. The molecule has 0 aliphatic heterocycles. The lowest BCUT2D eigenvalue weighted by Gasteiger charge is -2.17. The summed E-state index contributed by atoms with van der Waals surface area (Å²) >= 11 is 0. The lowest BCUT2D eigenvalue weighted by atomic mass is 10.0. The lowest BCUT2D eigenvalue weighted by molar-refractivity contribution is -0.203. The Morgan fingerprint density at radius 1 is 1.19 bits per heavy atom. The van der Waals surface area contributed by atoms with Crippen molar-refractivity contribution in [3.8, 4) is 0 Å². The standard InChI is InChI=1S/C12H10F4O3.C2H6/c1-18-9(17)7-2-4-8(5-3-7)11(19-10(13)14)6-12(11,15)16;1-2/h2-5,10H,6H2,1H3;1-2H3. The van der Waals surface area contributed by atoms with Crippen molar-refractivity contribution in [3.05, 3.63) is 35.4 Å². The minimum absolute atomic E-state index is 0.0922. The Kier molecular flexibility index (Phi) is 5.33. The van der Waals surface area contributed by atoms with E-state index < -0.39 is 30.5 Å². The molecule has 1 fully saturated rings. The number of hydrogen-bond acceptors (Lipinski definition) is 3. The van der Waals surface area contributed by atoms with Crippen molar-refractivity contribution in [2.45, 2.75) is 38.4 Å². The fourth-order valence-corrected chi connectivity index (χ4v) is 1.92. The highest BCUT2D eigenvalue weighted by molar-refractivity contribution is 5.89. The second kappa shape index (κ2) is 6.43. The minimum atomic E-state index is -3.34. The average molecular weight is 308 g/mol. The predicted octanol–water partition coefficient (Wildman–Crippen LogP) is 3.97. The molecule has 1 aromatic carbocycles. The van der Waals surface area contributed by atoms with Gasteiger partial charge in [0.2, 0.25) is 0 Å². The van der Waals surface area contributed by atoms with Crippen LogP contribution in [0, 0.1) is 0 Å². The Labute approximate surface area is 119 Å². The summed E-state index contributed by atoms with van der Waals surface area (Å²) in [6, 6.07) is 4.78. The molecule has 1 saturated carbocycles. The summed E-state index contributed by atoms with van der Waals surface area (Å²) in [7, 11) is 1.17. The number of methoxy groups -OCH3 is 1. The van der Waals surface area contributed by atoms with E-state index in [1.54, 1.807) is 0 Å². The Bertz CT molecular complexity index is 487. The van der Waals surface area contributed by atoms with Crippen molar-refractivity contribution in [3.63, 3.8) is 0 Å². The maximum absolute atomic E-state index is 13.3. The first kappa shape index (κ1) is 17.4. The summed E-state index contributed by atoms with van der Waals surface area (Å²) < 4.78 is 59.5. The summed E-state index contributed by atoms with van der Waals surface area (Å²) in [5.74, 6) is -3.98. The fourth-order valence-electron chi connectivity index (χ4n) is 1.92. The highest BCUT2D eigenvalue weighted by atomic mass is 19.3. The molecule has 1 atom stereocenters. The molecule has 1 unspecified atom stereocenters. The molecule has 1 aromatic rings. The van der Waals surface area contributed by atoms with Crippen molar-refractivity contribution in [1.82, 2.24) is 0 Å². The van der Waals surface area contributed by atoms with Crippen molar-refractivity contribution in [1.29, 1.82) is 0 Å². The van der Waals surface area contributed by atoms with Gasteiger partial charge in [-0.3, -0.25) is 0 Å². The van der Waals surface area contributed by atoms with Gasteiger partial charge in [-0.25, -0.2) is 13.6 Å². The third kappa shape index (κ3) is 3.34. The van der Waals surface area contributed by atoms with Crippen LogP contribution in [0.5, 0.6) is 0 Å². The Balaban J connectivity index is 0.00000106. The molecule has 3 nitrogen and oxygen atoms in total. The van der Waals surface area contributed by atoms with Crippen molar-refractivity contribution in [2.75, 3.05) is 7.11 Å². The molecule has 0 N–H and O–H groups in total. The Morgan fingerprint density at radius 2 is 1.67 bits per heavy atom. The van der Waals surface area contributed by atoms with E-state index in [9.17, 15) is 22.4 Å². The van der Waals surface area contributed by atoms with E-state index in [1.807, 2.05) is 13.8 Å². The lowest BCUT2D eigenvalue weighted by Crippen LogP contribution is -2.23. The molecule has 0 radical (unpaired) electrons. The van der Waals surface area contributed by atoms with Crippen LogP contribution in [0.1, 0.15) is 36.2 Å². The second-order valence-corrected chi connectivity index (χ2v) is 4.16. The predicted molar refractivity (Wildman–Crippen MR) is 67.5 cm³/mol. The van der Waals surface area contributed by atoms with E-state index in [0.29, 0.717) is 0 Å². The Morgan fingerprint density at radius 3 is 2.00 bits per heavy atom. The zero-order chi connectivity index (χ0) is 16.3. The molecule has 0 aromatic heterocycles. The number of rotatable bonds is 4. The van der Waals surface area contributed by atoms with Crippen molar-refractivity contribution in [2.24, 2.45) is 0 Å². The summed E-state index contributed by atoms with van der Waals surface area (Å²) in [4.78, 5) is 11.2. The number of benzene rings is 1. The SMILES string of the molecule is CC.COC(=O)c1ccc(C2(OC(F)F)CC2(F)F)cc1. The van der Waals surface area contributed by atoms with Gasteiger partial charge in [-0.2, -0.15) is 8.78 Å². The van der Waals surface area contributed by atoms with Crippen LogP contribution in [0.25, 0.3) is 0 Å². The summed E-state index contributed by atoms with van der Waals surface area (Å²) in [5, 5.41) is 0. The second-order valence-electron chi connectivity index (χ2n) is 4.16. The molecular weight excluding hydrogens is 292 g/mol. The fraction of sp³-hybridized carbons (Fsp3) is 0.500. The quantitative estimate of drug-likeness (QED) is 0.623. The van der Waals surface area contributed by atoms with Crippen LogP contribution in [0.4, 0.5) is 17.6 Å². The van der Waals surface area contributed by atoms with E-state index in [4.69, 9.17) is 0 Å². The monoisotopic (exact) mass is 308 g/mol. The van der Waals surface area contributed by atoms with E-state index >= 15 is 0 Å². The molecule has 0 spiro atoms. The van der Waals surface area contributed by atoms with Crippen LogP contribution in [-0.4, -0.2) is 25.6 Å². The number of hydrogen-bond donors (Lipinski definition) is 0. The highest BCUT2D eigenvalue weighted by Gasteiger charge is 2.74. The van der Waals surface area contributed by atoms with Gasteiger partial charge in [0.05, 0.1) is 19.1 Å². The van der Waals surface area contributed by atoms with Crippen LogP contribution < -0.4 is 0 Å². The van der Waals surface area contributed by atoms with E-state index in [0.717, 1.165) is 12.1 Å². The number of halogens is 4. The number of ether oxygens (including phenoxy) is 2. The molecule has 0 saturated heterocycles. The van der Waals surface area contributed by atoms with Crippen LogP contribution >= 0.6 is 0 Å². The van der Waals surface area contributed by atoms with Gasteiger partial charge in [0, 0.05) is 0 Å². The molecule has 7 heteroatoms. The van der Waals surface area contributed by atoms with Crippen LogP contribution in [0.15, 0.2) is 24.3 Å². The molecule has 1 aliphatic rings. The topological polar surface area (TPSA) is 35.5 Å². The Hall–Kier alpha value is -1.63. The normalized spacial score (nSPS) is 22.3. The molecule has 0 amide bonds. The molecule has 2 rings (SSSR count).